The Morgan fingerprint density at radius 2 is 1.70 bits per heavy atom. The van der Waals surface area contributed by atoms with E-state index in [4.69, 9.17) is 23.2 Å². The minimum atomic E-state index is -0.546. The van der Waals surface area contributed by atoms with Crippen molar-refractivity contribution in [3.63, 3.8) is 0 Å². The van der Waals surface area contributed by atoms with Crippen LogP contribution in [0, 0.1) is 23.6 Å². The maximum Gasteiger partial charge on any atom is 0.254 e. The first-order valence-electron chi connectivity index (χ1n) is 11.5. The number of rotatable bonds is 4. The molecular formula is C25H25Cl2FN4O. The number of aromatic nitrogens is 2. The van der Waals surface area contributed by atoms with Gasteiger partial charge in [-0.15, -0.1) is 0 Å². The summed E-state index contributed by atoms with van der Waals surface area (Å²) in [6.45, 7) is 0. The Bertz CT molecular complexity index is 1230. The number of imidazole rings is 1. The molecule has 0 saturated heterocycles. The van der Waals surface area contributed by atoms with E-state index >= 15 is 4.39 Å². The van der Waals surface area contributed by atoms with E-state index in [0.29, 0.717) is 50.5 Å². The van der Waals surface area contributed by atoms with Crippen LogP contribution >= 0.6 is 23.2 Å². The predicted molar refractivity (Wildman–Crippen MR) is 129 cm³/mol. The van der Waals surface area contributed by atoms with Gasteiger partial charge >= 0.3 is 0 Å². The van der Waals surface area contributed by atoms with Gasteiger partial charge in [-0.2, -0.15) is 0 Å². The molecule has 0 radical (unpaired) electrons. The van der Waals surface area contributed by atoms with Gasteiger partial charge in [-0.25, -0.2) is 9.37 Å². The van der Waals surface area contributed by atoms with E-state index in [0.717, 1.165) is 19.3 Å². The minimum absolute atomic E-state index is 0.0404. The highest BCUT2D eigenvalue weighted by Crippen LogP contribution is 2.55. The molecule has 33 heavy (non-hydrogen) atoms. The first-order valence-corrected chi connectivity index (χ1v) is 12.3. The fraction of sp³-hybridized carbons (Fsp3) is 0.440. The average Bonchev–Trinajstić information content (AvgIpc) is 3.03. The van der Waals surface area contributed by atoms with Crippen LogP contribution in [0.4, 0.5) is 16.0 Å². The fourth-order valence-corrected chi connectivity index (χ4v) is 7.29. The van der Waals surface area contributed by atoms with Crippen LogP contribution in [0.1, 0.15) is 48.9 Å². The largest absolute Gasteiger partial charge is 0.346 e. The molecule has 0 spiro atoms. The number of benzene rings is 2. The topological polar surface area (TPSA) is 59.0 Å². The molecule has 8 heteroatoms. The van der Waals surface area contributed by atoms with Crippen molar-refractivity contribution >= 4 is 51.8 Å². The zero-order valence-electron chi connectivity index (χ0n) is 18.3. The number of carbonyl (C=O) groups is 1. The maximum atomic E-state index is 15.1. The molecule has 4 aliphatic rings. The van der Waals surface area contributed by atoms with E-state index in [-0.39, 0.29) is 17.0 Å². The molecule has 4 saturated carbocycles. The summed E-state index contributed by atoms with van der Waals surface area (Å²) in [5, 5.41) is 7.30. The van der Waals surface area contributed by atoms with Crippen LogP contribution in [-0.2, 0) is 7.05 Å². The standard InChI is InChI=1S/C25H25Cl2FN4O/c1-32-21-9-19(28)16(8-20(21)29-24(32)30-22-17(26)3-2-4-18(22)27)23(33)31-25-10-13-5-14(11-25)7-15(6-13)12-25/h2-4,8-9,13-15H,5-7,10-12H2,1H3,(H,29,30)(H,31,33). The van der Waals surface area contributed by atoms with Gasteiger partial charge in [-0.3, -0.25) is 4.79 Å². The molecule has 4 bridgehead atoms. The Morgan fingerprint density at radius 1 is 1.09 bits per heavy atom. The van der Waals surface area contributed by atoms with E-state index < -0.39 is 5.82 Å². The van der Waals surface area contributed by atoms with Crippen molar-refractivity contribution in [3.8, 4) is 0 Å². The zero-order chi connectivity index (χ0) is 22.9. The van der Waals surface area contributed by atoms with Crippen LogP contribution in [-0.4, -0.2) is 21.0 Å². The molecule has 0 atom stereocenters. The quantitative estimate of drug-likeness (QED) is 0.444. The number of nitrogens with zero attached hydrogens (tertiary/aromatic N) is 2. The third-order valence-electron chi connectivity index (χ3n) is 7.83. The lowest BCUT2D eigenvalue weighted by atomic mass is 9.53. The van der Waals surface area contributed by atoms with Crippen molar-refractivity contribution in [3.05, 3.63) is 51.8 Å². The molecule has 7 rings (SSSR count). The van der Waals surface area contributed by atoms with Gasteiger partial charge < -0.3 is 15.2 Å². The molecule has 4 fully saturated rings. The number of nitrogens with one attached hydrogen (secondary N) is 2. The van der Waals surface area contributed by atoms with Crippen LogP contribution in [0.5, 0.6) is 0 Å². The lowest BCUT2D eigenvalue weighted by molar-refractivity contribution is -0.0167. The summed E-state index contributed by atoms with van der Waals surface area (Å²) in [6, 6.07) is 8.13. The summed E-state index contributed by atoms with van der Waals surface area (Å²) in [4.78, 5) is 17.8. The van der Waals surface area contributed by atoms with Gasteiger partial charge in [0.05, 0.1) is 32.3 Å². The molecule has 1 heterocycles. The summed E-state index contributed by atoms with van der Waals surface area (Å²) in [5.74, 6) is 1.67. The molecule has 0 aliphatic heterocycles. The van der Waals surface area contributed by atoms with Gasteiger partial charge in [0, 0.05) is 18.7 Å². The molecule has 4 aliphatic carbocycles. The van der Waals surface area contributed by atoms with Gasteiger partial charge in [0.15, 0.2) is 0 Å². The summed E-state index contributed by atoms with van der Waals surface area (Å²) in [6.07, 6.45) is 6.92. The molecule has 172 valence electrons. The van der Waals surface area contributed by atoms with Crippen molar-refractivity contribution in [2.75, 3.05) is 5.32 Å². The van der Waals surface area contributed by atoms with Crippen molar-refractivity contribution in [2.24, 2.45) is 24.8 Å². The monoisotopic (exact) mass is 486 g/mol. The second kappa shape index (κ2) is 7.60. The number of carbonyl (C=O) groups excluding carboxylic acids is 1. The Balaban J connectivity index is 1.30. The van der Waals surface area contributed by atoms with Gasteiger partial charge in [-0.05, 0) is 74.5 Å². The zero-order valence-corrected chi connectivity index (χ0v) is 19.8. The highest BCUT2D eigenvalue weighted by molar-refractivity contribution is 6.39. The molecular weight excluding hydrogens is 462 g/mol. The minimum Gasteiger partial charge on any atom is -0.346 e. The summed E-state index contributed by atoms with van der Waals surface area (Å²) >= 11 is 12.5. The van der Waals surface area contributed by atoms with Crippen molar-refractivity contribution in [2.45, 2.75) is 44.1 Å². The van der Waals surface area contributed by atoms with Crippen LogP contribution in [0.15, 0.2) is 30.3 Å². The summed E-state index contributed by atoms with van der Waals surface area (Å²) in [5.41, 5.74) is 1.49. The number of hydrogen-bond donors (Lipinski definition) is 2. The van der Waals surface area contributed by atoms with Crippen LogP contribution in [0.25, 0.3) is 11.0 Å². The predicted octanol–water partition coefficient (Wildman–Crippen LogP) is 6.46. The van der Waals surface area contributed by atoms with Gasteiger partial charge in [0.2, 0.25) is 5.95 Å². The van der Waals surface area contributed by atoms with Crippen LogP contribution in [0.2, 0.25) is 10.0 Å². The summed E-state index contributed by atoms with van der Waals surface area (Å²) in [7, 11) is 1.77. The molecule has 2 aromatic carbocycles. The lowest BCUT2D eigenvalue weighted by Gasteiger charge is -2.56. The van der Waals surface area contributed by atoms with E-state index in [1.165, 1.54) is 25.3 Å². The molecule has 1 amide bonds. The van der Waals surface area contributed by atoms with Crippen molar-refractivity contribution in [1.29, 1.82) is 0 Å². The Labute approximate surface area is 201 Å². The second-order valence-electron chi connectivity index (χ2n) is 10.2. The van der Waals surface area contributed by atoms with Gasteiger partial charge in [-0.1, -0.05) is 29.3 Å². The first kappa shape index (κ1) is 21.2. The van der Waals surface area contributed by atoms with E-state index in [1.54, 1.807) is 35.9 Å². The number of halogens is 3. The number of anilines is 2. The van der Waals surface area contributed by atoms with E-state index in [9.17, 15) is 4.79 Å². The SMILES string of the molecule is Cn1c(Nc2c(Cl)cccc2Cl)nc2cc(C(=O)NC34CC5CC(CC(C5)C3)C4)c(F)cc21. The smallest absolute Gasteiger partial charge is 0.254 e. The highest BCUT2D eigenvalue weighted by atomic mass is 35.5. The van der Waals surface area contributed by atoms with E-state index in [1.807, 2.05) is 0 Å². The van der Waals surface area contributed by atoms with Gasteiger partial charge in [0.25, 0.3) is 5.91 Å². The van der Waals surface area contributed by atoms with Crippen LogP contribution < -0.4 is 10.6 Å². The number of hydrogen-bond acceptors (Lipinski definition) is 3. The molecule has 5 nitrogen and oxygen atoms in total. The number of aryl methyl sites for hydroxylation is 1. The molecule has 2 N–H and O–H groups in total. The highest BCUT2D eigenvalue weighted by Gasteiger charge is 2.51. The first-order chi connectivity index (χ1) is 15.8. The van der Waals surface area contributed by atoms with Crippen molar-refractivity contribution in [1.82, 2.24) is 14.9 Å². The third-order valence-corrected chi connectivity index (χ3v) is 8.46. The van der Waals surface area contributed by atoms with Crippen molar-refractivity contribution < 1.29 is 9.18 Å². The fourth-order valence-electron chi connectivity index (χ4n) is 6.80. The molecule has 0 unspecified atom stereocenters. The lowest BCUT2D eigenvalue weighted by Crippen LogP contribution is -2.59. The average molecular weight is 487 g/mol. The normalized spacial score (nSPS) is 27.8. The maximum absolute atomic E-state index is 15.1. The van der Waals surface area contributed by atoms with Gasteiger partial charge in [0.1, 0.15) is 5.82 Å². The van der Waals surface area contributed by atoms with E-state index in [2.05, 4.69) is 15.6 Å². The number of fused-ring (bicyclic) bond motifs is 1. The number of para-hydroxylation sites is 1. The third kappa shape index (κ3) is 3.58. The Morgan fingerprint density at radius 3 is 2.30 bits per heavy atom. The van der Waals surface area contributed by atoms with Crippen LogP contribution in [0.3, 0.4) is 0 Å². The summed E-state index contributed by atoms with van der Waals surface area (Å²) < 4.78 is 16.8. The second-order valence-corrected chi connectivity index (χ2v) is 11.0. The number of amides is 1. The molecule has 3 aromatic rings. The Kier molecular flexibility index (Phi) is 4.89. The Hall–Kier alpha value is -2.31. The molecule has 1 aromatic heterocycles.